The van der Waals surface area contributed by atoms with E-state index >= 15 is 0 Å². The van der Waals surface area contributed by atoms with E-state index in [1.54, 1.807) is 0 Å². The standard InChI is InChI=1S/C11H16N2O8S/c12-22(17,18)10-3-1-9(2-4-10)7-20-11(14)8-19-5-6-21-13(15)16/h1-4,15-16H,5-8H2,(H2,12,17,18). The van der Waals surface area contributed by atoms with Gasteiger partial charge in [0, 0.05) is 0 Å². The third-order valence-electron chi connectivity index (χ3n) is 2.31. The second kappa shape index (κ2) is 8.75. The summed E-state index contributed by atoms with van der Waals surface area (Å²) in [6.45, 7) is -0.592. The minimum Gasteiger partial charge on any atom is -0.459 e. The van der Waals surface area contributed by atoms with E-state index in [1.165, 1.54) is 24.3 Å². The van der Waals surface area contributed by atoms with Gasteiger partial charge in [-0.2, -0.15) is 0 Å². The molecule has 0 aliphatic heterocycles. The van der Waals surface area contributed by atoms with Gasteiger partial charge in [-0.15, -0.1) is 0 Å². The van der Waals surface area contributed by atoms with Crippen molar-refractivity contribution >= 4 is 16.0 Å². The lowest BCUT2D eigenvalue weighted by Crippen LogP contribution is -2.20. The van der Waals surface area contributed by atoms with Crippen LogP contribution < -0.4 is 5.14 Å². The SMILES string of the molecule is NS(=O)(=O)c1ccc(COC(=O)COCCON(O)O)cc1. The van der Waals surface area contributed by atoms with Crippen LogP contribution in [0, 0.1) is 0 Å². The number of sulfonamides is 1. The summed E-state index contributed by atoms with van der Waals surface area (Å²) in [6.07, 6.45) is 0. The van der Waals surface area contributed by atoms with Crippen LogP contribution in [0.3, 0.4) is 0 Å². The Morgan fingerprint density at radius 1 is 1.18 bits per heavy atom. The van der Waals surface area contributed by atoms with E-state index in [9.17, 15) is 13.2 Å². The quantitative estimate of drug-likeness (QED) is 0.305. The van der Waals surface area contributed by atoms with Gasteiger partial charge in [0.25, 0.3) is 0 Å². The van der Waals surface area contributed by atoms with Gasteiger partial charge in [-0.1, -0.05) is 12.1 Å². The number of carbonyl (C=O) groups excluding carboxylic acids is 1. The molecule has 0 aliphatic carbocycles. The Hall–Kier alpha value is -1.60. The molecule has 11 heteroatoms. The Balaban J connectivity index is 2.27. The first-order chi connectivity index (χ1) is 10.3. The van der Waals surface area contributed by atoms with Gasteiger partial charge in [0.1, 0.15) is 13.2 Å². The van der Waals surface area contributed by atoms with Gasteiger partial charge in [-0.25, -0.2) is 23.2 Å². The van der Waals surface area contributed by atoms with Crippen LogP contribution in [0.15, 0.2) is 29.2 Å². The summed E-state index contributed by atoms with van der Waals surface area (Å²) in [6, 6.07) is 5.56. The second-order valence-corrected chi connectivity index (χ2v) is 5.55. The first-order valence-corrected chi connectivity index (χ1v) is 7.49. The van der Waals surface area contributed by atoms with Crippen LogP contribution in [-0.2, 0) is 35.7 Å². The van der Waals surface area contributed by atoms with E-state index in [-0.39, 0.29) is 31.3 Å². The second-order valence-electron chi connectivity index (χ2n) is 3.99. The molecule has 0 bridgehead atoms. The molecule has 0 unspecified atom stereocenters. The van der Waals surface area contributed by atoms with Gasteiger partial charge in [-0.3, -0.25) is 10.4 Å². The monoisotopic (exact) mass is 336 g/mol. The zero-order chi connectivity index (χ0) is 16.6. The van der Waals surface area contributed by atoms with Crippen LogP contribution in [0.2, 0.25) is 0 Å². The lowest BCUT2D eigenvalue weighted by molar-refractivity contribution is -0.493. The molecular formula is C11H16N2O8S. The molecule has 0 amide bonds. The third-order valence-corrected chi connectivity index (χ3v) is 3.24. The van der Waals surface area contributed by atoms with Gasteiger partial charge < -0.3 is 9.47 Å². The predicted octanol–water partition coefficient (Wildman–Crippen LogP) is -0.594. The van der Waals surface area contributed by atoms with E-state index in [1.807, 2.05) is 0 Å². The fraction of sp³-hybridized carbons (Fsp3) is 0.364. The van der Waals surface area contributed by atoms with Crippen molar-refractivity contribution in [1.82, 2.24) is 5.39 Å². The molecule has 0 saturated heterocycles. The highest BCUT2D eigenvalue weighted by molar-refractivity contribution is 7.89. The third kappa shape index (κ3) is 7.42. The molecule has 0 atom stereocenters. The summed E-state index contributed by atoms with van der Waals surface area (Å²) in [5, 5.41) is 20.9. The fourth-order valence-corrected chi connectivity index (χ4v) is 1.83. The molecule has 124 valence electrons. The molecule has 0 heterocycles. The van der Waals surface area contributed by atoms with Crippen molar-refractivity contribution in [1.29, 1.82) is 0 Å². The fourth-order valence-electron chi connectivity index (χ4n) is 1.31. The number of ether oxygens (including phenoxy) is 2. The first kappa shape index (κ1) is 18.4. The van der Waals surface area contributed by atoms with E-state index in [4.69, 9.17) is 25.0 Å². The average molecular weight is 336 g/mol. The van der Waals surface area contributed by atoms with Gasteiger partial charge in [0.15, 0.2) is 0 Å². The van der Waals surface area contributed by atoms with Gasteiger partial charge in [-0.05, 0) is 17.7 Å². The van der Waals surface area contributed by atoms with Crippen LogP contribution in [0.1, 0.15) is 5.56 Å². The summed E-state index contributed by atoms with van der Waals surface area (Å²) >= 11 is 0. The first-order valence-electron chi connectivity index (χ1n) is 5.95. The maximum absolute atomic E-state index is 11.3. The topological polar surface area (TPSA) is 149 Å². The Bertz CT molecular complexity index is 572. The number of hydrogen-bond donors (Lipinski definition) is 3. The highest BCUT2D eigenvalue weighted by Gasteiger charge is 2.08. The van der Waals surface area contributed by atoms with Crippen molar-refractivity contribution in [2.45, 2.75) is 11.5 Å². The number of rotatable bonds is 9. The predicted molar refractivity (Wildman–Crippen MR) is 69.8 cm³/mol. The van der Waals surface area contributed by atoms with Crippen LogP contribution >= 0.6 is 0 Å². The molecular weight excluding hydrogens is 320 g/mol. The molecule has 1 aromatic carbocycles. The largest absolute Gasteiger partial charge is 0.459 e. The van der Waals surface area contributed by atoms with Crippen molar-refractivity contribution in [3.8, 4) is 0 Å². The Morgan fingerprint density at radius 2 is 1.82 bits per heavy atom. The summed E-state index contributed by atoms with van der Waals surface area (Å²) in [5.74, 6) is -0.639. The summed E-state index contributed by atoms with van der Waals surface area (Å²) in [5.41, 5.74) is 0.584. The highest BCUT2D eigenvalue weighted by Crippen LogP contribution is 2.09. The molecule has 0 aliphatic rings. The average Bonchev–Trinajstić information content (AvgIpc) is 2.44. The molecule has 0 aromatic heterocycles. The van der Waals surface area contributed by atoms with Crippen molar-refractivity contribution < 1.29 is 37.9 Å². The van der Waals surface area contributed by atoms with Crippen LogP contribution in [0.5, 0.6) is 0 Å². The summed E-state index contributed by atoms with van der Waals surface area (Å²) in [4.78, 5) is 15.5. The van der Waals surface area contributed by atoms with Crippen molar-refractivity contribution in [2.24, 2.45) is 5.14 Å². The smallest absolute Gasteiger partial charge is 0.332 e. The van der Waals surface area contributed by atoms with E-state index in [0.717, 1.165) is 0 Å². The molecule has 1 rings (SSSR count). The molecule has 1 aromatic rings. The molecule has 0 spiro atoms. The molecule has 0 radical (unpaired) electrons. The molecule has 10 nitrogen and oxygen atoms in total. The zero-order valence-electron chi connectivity index (χ0n) is 11.4. The van der Waals surface area contributed by atoms with E-state index in [2.05, 4.69) is 4.84 Å². The molecule has 0 saturated carbocycles. The Morgan fingerprint density at radius 3 is 2.36 bits per heavy atom. The normalized spacial score (nSPS) is 11.6. The number of esters is 1. The lowest BCUT2D eigenvalue weighted by atomic mass is 10.2. The van der Waals surface area contributed by atoms with Crippen molar-refractivity contribution in [3.05, 3.63) is 29.8 Å². The van der Waals surface area contributed by atoms with Gasteiger partial charge >= 0.3 is 5.97 Å². The molecule has 4 N–H and O–H groups in total. The van der Waals surface area contributed by atoms with Crippen molar-refractivity contribution in [3.63, 3.8) is 0 Å². The molecule has 0 fully saturated rings. The van der Waals surface area contributed by atoms with Crippen molar-refractivity contribution in [2.75, 3.05) is 19.8 Å². The minimum atomic E-state index is -3.75. The van der Waals surface area contributed by atoms with Crippen LogP contribution in [-0.4, -0.2) is 50.0 Å². The zero-order valence-corrected chi connectivity index (χ0v) is 12.2. The lowest BCUT2D eigenvalue weighted by Gasteiger charge is -2.08. The Kier molecular flexibility index (Phi) is 7.34. The van der Waals surface area contributed by atoms with Crippen LogP contribution in [0.25, 0.3) is 0 Å². The van der Waals surface area contributed by atoms with Gasteiger partial charge in [0.05, 0.1) is 23.5 Å². The van der Waals surface area contributed by atoms with E-state index in [0.29, 0.717) is 5.56 Å². The van der Waals surface area contributed by atoms with Gasteiger partial charge in [0.2, 0.25) is 10.0 Å². The minimum absolute atomic E-state index is 0.0345. The number of hydrogen-bond acceptors (Lipinski definition) is 9. The number of benzene rings is 1. The molecule has 22 heavy (non-hydrogen) atoms. The maximum atomic E-state index is 11.3. The van der Waals surface area contributed by atoms with Crippen LogP contribution in [0.4, 0.5) is 0 Å². The number of nitrogens with zero attached hydrogens (tertiary/aromatic N) is 1. The summed E-state index contributed by atoms with van der Waals surface area (Å²) in [7, 11) is -3.75. The Labute approximate surface area is 126 Å². The number of nitrogens with two attached hydrogens (primary N) is 1. The highest BCUT2D eigenvalue weighted by atomic mass is 32.2. The number of primary sulfonamides is 1. The number of carbonyl (C=O) groups is 1. The maximum Gasteiger partial charge on any atom is 0.332 e. The van der Waals surface area contributed by atoms with E-state index < -0.39 is 21.4 Å². The summed E-state index contributed by atoms with van der Waals surface area (Å²) < 4.78 is 31.9.